The van der Waals surface area contributed by atoms with Crippen LogP contribution in [0.5, 0.6) is 0 Å². The molecular formula is C12H18N4O2. The smallest absolute Gasteiger partial charge is 0.232 e. The minimum Gasteiger partial charge on any atom is -0.424 e. The van der Waals surface area contributed by atoms with Crippen LogP contribution in [0.1, 0.15) is 18.5 Å². The summed E-state index contributed by atoms with van der Waals surface area (Å²) in [7, 11) is 0. The average molecular weight is 250 g/mol. The molecule has 1 aromatic rings. The molecule has 6 heteroatoms. The maximum absolute atomic E-state index is 8.91. The molecule has 98 valence electrons. The summed E-state index contributed by atoms with van der Waals surface area (Å²) in [5.74, 6) is 0.975. The first kappa shape index (κ1) is 12.9. The molecule has 1 aliphatic heterocycles. The zero-order valence-electron chi connectivity index (χ0n) is 10.8. The van der Waals surface area contributed by atoms with E-state index in [9.17, 15) is 0 Å². The zero-order valence-corrected chi connectivity index (χ0v) is 10.8. The van der Waals surface area contributed by atoms with Crippen LogP contribution in [0.3, 0.4) is 0 Å². The second-order valence-electron chi connectivity index (χ2n) is 4.40. The molecule has 6 nitrogen and oxygen atoms in total. The lowest BCUT2D eigenvalue weighted by Crippen LogP contribution is -2.45. The van der Waals surface area contributed by atoms with E-state index in [0.29, 0.717) is 23.5 Å². The molecule has 0 aliphatic carbocycles. The molecule has 0 bridgehead atoms. The van der Waals surface area contributed by atoms with Gasteiger partial charge in [0.05, 0.1) is 13.2 Å². The van der Waals surface area contributed by atoms with E-state index in [2.05, 4.69) is 22.1 Å². The molecular weight excluding hydrogens is 232 g/mol. The average Bonchev–Trinajstić information content (AvgIpc) is 2.77. The van der Waals surface area contributed by atoms with Crippen LogP contribution in [-0.2, 0) is 4.74 Å². The highest BCUT2D eigenvalue weighted by Crippen LogP contribution is 2.16. The molecule has 1 aromatic heterocycles. The van der Waals surface area contributed by atoms with Gasteiger partial charge in [-0.3, -0.25) is 4.90 Å². The number of rotatable bonds is 4. The Morgan fingerprint density at radius 1 is 1.50 bits per heavy atom. The largest absolute Gasteiger partial charge is 0.424 e. The summed E-state index contributed by atoms with van der Waals surface area (Å²) in [6.07, 6.45) is 0. The highest BCUT2D eigenvalue weighted by molar-refractivity contribution is 5.45. The standard InChI is InChI=1S/C12H18N4O2/c1-9(16-3-5-17-6-4-16)8-14-12-11(7-13)15-10(2)18-12/h9,14H,3-6,8H2,1-2H3. The van der Waals surface area contributed by atoms with Crippen LogP contribution < -0.4 is 5.32 Å². The fraction of sp³-hybridized carbons (Fsp3) is 0.667. The third-order valence-electron chi connectivity index (χ3n) is 3.07. The highest BCUT2D eigenvalue weighted by Gasteiger charge is 2.18. The predicted molar refractivity (Wildman–Crippen MR) is 66.3 cm³/mol. The quantitative estimate of drug-likeness (QED) is 0.859. The van der Waals surface area contributed by atoms with Crippen molar-refractivity contribution in [2.24, 2.45) is 0 Å². The number of anilines is 1. The zero-order chi connectivity index (χ0) is 13.0. The lowest BCUT2D eigenvalue weighted by Gasteiger charge is -2.32. The van der Waals surface area contributed by atoms with E-state index in [1.165, 1.54) is 0 Å². The normalized spacial score (nSPS) is 18.3. The maximum atomic E-state index is 8.91. The van der Waals surface area contributed by atoms with Crippen molar-refractivity contribution in [1.29, 1.82) is 5.26 Å². The number of morpholine rings is 1. The summed E-state index contributed by atoms with van der Waals surface area (Å²) in [4.78, 5) is 6.35. The number of aryl methyl sites for hydroxylation is 1. The minimum atomic E-state index is 0.321. The van der Waals surface area contributed by atoms with Crippen molar-refractivity contribution in [3.63, 3.8) is 0 Å². The van der Waals surface area contributed by atoms with E-state index in [1.54, 1.807) is 6.92 Å². The van der Waals surface area contributed by atoms with Gasteiger partial charge in [0.1, 0.15) is 6.07 Å². The molecule has 1 saturated heterocycles. The van der Waals surface area contributed by atoms with E-state index >= 15 is 0 Å². The molecule has 1 atom stereocenters. The van der Waals surface area contributed by atoms with Crippen molar-refractivity contribution in [2.45, 2.75) is 19.9 Å². The Labute approximate surface area is 107 Å². The molecule has 1 unspecified atom stereocenters. The van der Waals surface area contributed by atoms with Crippen LogP contribution in [0, 0.1) is 18.3 Å². The number of aromatic nitrogens is 1. The molecule has 18 heavy (non-hydrogen) atoms. The number of hydrogen-bond donors (Lipinski definition) is 1. The van der Waals surface area contributed by atoms with Crippen molar-refractivity contribution in [3.05, 3.63) is 11.6 Å². The summed E-state index contributed by atoms with van der Waals surface area (Å²) in [5.41, 5.74) is 0.321. The molecule has 2 heterocycles. The lowest BCUT2D eigenvalue weighted by atomic mass is 10.2. The number of nitrogens with one attached hydrogen (secondary N) is 1. The number of ether oxygens (including phenoxy) is 1. The summed E-state index contributed by atoms with van der Waals surface area (Å²) >= 11 is 0. The molecule has 1 fully saturated rings. The van der Waals surface area contributed by atoms with Crippen molar-refractivity contribution >= 4 is 5.88 Å². The van der Waals surface area contributed by atoms with E-state index in [1.807, 2.05) is 6.07 Å². The topological polar surface area (TPSA) is 74.3 Å². The molecule has 2 rings (SSSR count). The Morgan fingerprint density at radius 3 is 2.89 bits per heavy atom. The van der Waals surface area contributed by atoms with Crippen LogP contribution in [-0.4, -0.2) is 48.8 Å². The first-order valence-electron chi connectivity index (χ1n) is 6.14. The van der Waals surface area contributed by atoms with Gasteiger partial charge in [-0.15, -0.1) is 0 Å². The van der Waals surface area contributed by atoms with Crippen molar-refractivity contribution in [1.82, 2.24) is 9.88 Å². The first-order valence-corrected chi connectivity index (χ1v) is 6.14. The third kappa shape index (κ3) is 3.00. The fourth-order valence-corrected chi connectivity index (χ4v) is 2.01. The summed E-state index contributed by atoms with van der Waals surface area (Å²) in [5, 5.41) is 12.1. The van der Waals surface area contributed by atoms with Crippen molar-refractivity contribution < 1.29 is 9.15 Å². The Kier molecular flexibility index (Phi) is 4.18. The monoisotopic (exact) mass is 250 g/mol. The first-order chi connectivity index (χ1) is 8.70. The molecule has 0 spiro atoms. The molecule has 1 N–H and O–H groups in total. The van der Waals surface area contributed by atoms with Gasteiger partial charge in [-0.1, -0.05) is 0 Å². The predicted octanol–water partition coefficient (Wildman–Crippen LogP) is 0.987. The summed E-state index contributed by atoms with van der Waals surface area (Å²) in [6.45, 7) is 8.07. The van der Waals surface area contributed by atoms with Gasteiger partial charge in [-0.2, -0.15) is 5.26 Å². The molecule has 1 aliphatic rings. The van der Waals surface area contributed by atoms with Gasteiger partial charge in [0.2, 0.25) is 11.6 Å². The third-order valence-corrected chi connectivity index (χ3v) is 3.07. The van der Waals surface area contributed by atoms with Crippen LogP contribution in [0.15, 0.2) is 4.42 Å². The SMILES string of the molecule is Cc1nc(C#N)c(NCC(C)N2CCOCC2)o1. The van der Waals surface area contributed by atoms with Gasteiger partial charge in [0, 0.05) is 32.6 Å². The highest BCUT2D eigenvalue weighted by atomic mass is 16.5. The van der Waals surface area contributed by atoms with Gasteiger partial charge in [0.15, 0.2) is 5.89 Å². The Balaban J connectivity index is 1.88. The second-order valence-corrected chi connectivity index (χ2v) is 4.40. The van der Waals surface area contributed by atoms with E-state index in [-0.39, 0.29) is 0 Å². The van der Waals surface area contributed by atoms with E-state index in [4.69, 9.17) is 14.4 Å². The van der Waals surface area contributed by atoms with Gasteiger partial charge >= 0.3 is 0 Å². The van der Waals surface area contributed by atoms with Gasteiger partial charge < -0.3 is 14.5 Å². The number of nitrogens with zero attached hydrogens (tertiary/aromatic N) is 3. The number of hydrogen-bond acceptors (Lipinski definition) is 6. The van der Waals surface area contributed by atoms with E-state index in [0.717, 1.165) is 32.8 Å². The molecule has 0 aromatic carbocycles. The Morgan fingerprint density at radius 2 is 2.22 bits per heavy atom. The van der Waals surface area contributed by atoms with E-state index < -0.39 is 0 Å². The second kappa shape index (κ2) is 5.85. The fourth-order valence-electron chi connectivity index (χ4n) is 2.01. The number of oxazole rings is 1. The Bertz CT molecular complexity index is 432. The summed E-state index contributed by atoms with van der Waals surface area (Å²) in [6, 6.07) is 2.39. The van der Waals surface area contributed by atoms with Crippen LogP contribution >= 0.6 is 0 Å². The van der Waals surface area contributed by atoms with Gasteiger partial charge in [-0.05, 0) is 6.92 Å². The number of nitriles is 1. The minimum absolute atomic E-state index is 0.321. The summed E-state index contributed by atoms with van der Waals surface area (Å²) < 4.78 is 10.7. The van der Waals surface area contributed by atoms with Crippen molar-refractivity contribution in [2.75, 3.05) is 38.2 Å². The van der Waals surface area contributed by atoms with Crippen LogP contribution in [0.4, 0.5) is 5.88 Å². The lowest BCUT2D eigenvalue weighted by molar-refractivity contribution is 0.0226. The maximum Gasteiger partial charge on any atom is 0.232 e. The Hall–Kier alpha value is -1.58. The van der Waals surface area contributed by atoms with Gasteiger partial charge in [0.25, 0.3) is 0 Å². The van der Waals surface area contributed by atoms with Crippen LogP contribution in [0.25, 0.3) is 0 Å². The van der Waals surface area contributed by atoms with Gasteiger partial charge in [-0.25, -0.2) is 4.98 Å². The van der Waals surface area contributed by atoms with Crippen molar-refractivity contribution in [3.8, 4) is 6.07 Å². The molecule has 0 saturated carbocycles. The molecule has 0 amide bonds. The molecule has 0 radical (unpaired) electrons. The van der Waals surface area contributed by atoms with Crippen LogP contribution in [0.2, 0.25) is 0 Å².